The van der Waals surface area contributed by atoms with Crippen molar-refractivity contribution in [2.75, 3.05) is 26.4 Å². The van der Waals surface area contributed by atoms with Crippen LogP contribution in [0.5, 0.6) is 0 Å². The Kier molecular flexibility index (Phi) is 37.2. The predicted molar refractivity (Wildman–Crippen MR) is 261 cm³/mol. The van der Waals surface area contributed by atoms with Crippen molar-refractivity contribution in [1.82, 2.24) is 0 Å². The molecule has 1 heterocycles. The Balaban J connectivity index is 2.44. The maximum absolute atomic E-state index is 12.7. The van der Waals surface area contributed by atoms with Gasteiger partial charge in [-0.25, -0.2) is 9.13 Å². The molecule has 0 saturated carbocycles. The summed E-state index contributed by atoms with van der Waals surface area (Å²) in [6, 6.07) is 0. The largest absolute Gasteiger partial charge is 0.472 e. The van der Waals surface area contributed by atoms with Gasteiger partial charge in [0.1, 0.15) is 12.7 Å². The monoisotopic (exact) mass is 964 g/mol. The van der Waals surface area contributed by atoms with E-state index in [4.69, 9.17) is 28.5 Å². The van der Waals surface area contributed by atoms with Gasteiger partial charge in [0.2, 0.25) is 0 Å². The van der Waals surface area contributed by atoms with Gasteiger partial charge >= 0.3 is 27.6 Å². The summed E-state index contributed by atoms with van der Waals surface area (Å²) in [6.45, 7) is 1.42. The summed E-state index contributed by atoms with van der Waals surface area (Å²) in [7, 11) is -9.75. The van der Waals surface area contributed by atoms with Gasteiger partial charge in [-0.2, -0.15) is 0 Å². The fourth-order valence-corrected chi connectivity index (χ4v) is 6.79. The van der Waals surface area contributed by atoms with Gasteiger partial charge in [0.05, 0.1) is 32.0 Å². The molecule has 0 amide bonds. The van der Waals surface area contributed by atoms with Crippen molar-refractivity contribution in [1.29, 1.82) is 0 Å². The third kappa shape index (κ3) is 40.7. The zero-order chi connectivity index (χ0) is 48.4. The molecule has 4 N–H and O–H groups in total. The maximum Gasteiger partial charge on any atom is 0.472 e. The summed E-state index contributed by atoms with van der Waals surface area (Å²) >= 11 is 0. The lowest BCUT2D eigenvalue weighted by Crippen LogP contribution is -2.29. The van der Waals surface area contributed by atoms with E-state index in [1.165, 1.54) is 19.3 Å². The number of phosphoric ester groups is 2. The van der Waals surface area contributed by atoms with Crippen molar-refractivity contribution < 1.29 is 66.3 Å². The first-order valence-electron chi connectivity index (χ1n) is 23.4. The molecule has 0 spiro atoms. The SMILES string of the molecule is CC/C=C\CC1OC1C/C=C\C/C=C\C/C=C\C/C=C\CCC(=O)OC[C@H](COP(=O)(O)OC[C@@H](O)COP(=O)(O)O)OC(=O)CC/C=C\C/C=C\C/C=C\C/C=C\C/C=C\CCCCC. The van der Waals surface area contributed by atoms with Crippen LogP contribution in [0.2, 0.25) is 0 Å². The van der Waals surface area contributed by atoms with Gasteiger partial charge in [0.25, 0.3) is 0 Å². The minimum Gasteiger partial charge on any atom is -0.462 e. The lowest BCUT2D eigenvalue weighted by atomic mass is 10.1. The molecule has 0 aromatic carbocycles. The smallest absolute Gasteiger partial charge is 0.462 e. The fourth-order valence-electron chi connectivity index (χ4n) is 5.63. The molecule has 1 rings (SSSR count). The first kappa shape index (κ1) is 60.5. The Morgan fingerprint density at radius 3 is 1.44 bits per heavy atom. The molecular weight excluding hydrogens is 886 g/mol. The molecule has 1 saturated heterocycles. The van der Waals surface area contributed by atoms with Crippen LogP contribution in [0.25, 0.3) is 0 Å². The molecule has 5 atom stereocenters. The average molecular weight is 965 g/mol. The van der Waals surface area contributed by atoms with Gasteiger partial charge in [-0.15, -0.1) is 0 Å². The number of allylic oxidation sites excluding steroid dienone is 18. The highest BCUT2D eigenvalue weighted by Crippen LogP contribution is 2.44. The van der Waals surface area contributed by atoms with E-state index in [1.807, 2.05) is 36.5 Å². The Hall–Kier alpha value is -3.52. The number of unbranched alkanes of at least 4 members (excludes halogenated alkanes) is 3. The number of hydrogen-bond acceptors (Lipinski definition) is 11. The standard InChI is InChI=1S/C50H78O14P2/c1-3-5-7-8-9-10-11-12-13-14-15-16-17-18-23-26-29-32-36-40-50(53)63-46(44-62-66(57,58)61-42-45(51)41-60-65(54,55)56)43-59-49(52)39-35-31-28-25-22-20-19-21-24-27-30-34-38-48-47(64-48)37-33-6-4-2/h6,9-10,12-13,15-16,18,20-24,28-34,45-48,51H,3-5,7-8,11,14,17,19,25-27,35-44H2,1-2H3,(H,57,58)(H2,54,55,56)/b10-9-,13-12-,16-15-,22-20-,23-18-,24-21-,31-28-,32-29-,33-6-,34-30-/t45-,46+,47?,48?/m0/s1. The van der Waals surface area contributed by atoms with Crippen LogP contribution in [0.15, 0.2) is 122 Å². The molecule has 16 heteroatoms. The number of phosphoric acid groups is 2. The number of rotatable bonds is 41. The Labute approximate surface area is 394 Å². The Morgan fingerprint density at radius 2 is 0.955 bits per heavy atom. The normalized spacial score (nSPS) is 18.0. The number of carbonyl (C=O) groups excluding carboxylic acids is 2. The predicted octanol–water partition coefficient (Wildman–Crippen LogP) is 11.4. The number of esters is 2. The quantitative estimate of drug-likeness (QED) is 0.0148. The Morgan fingerprint density at radius 1 is 0.530 bits per heavy atom. The van der Waals surface area contributed by atoms with Crippen LogP contribution in [-0.4, -0.2) is 82.6 Å². The van der Waals surface area contributed by atoms with Gasteiger partial charge in [0, 0.05) is 12.8 Å². The van der Waals surface area contributed by atoms with E-state index in [2.05, 4.69) is 108 Å². The molecule has 1 aliphatic heterocycles. The molecule has 14 nitrogen and oxygen atoms in total. The van der Waals surface area contributed by atoms with Crippen molar-refractivity contribution >= 4 is 27.6 Å². The highest BCUT2D eigenvalue weighted by atomic mass is 31.2. The van der Waals surface area contributed by atoms with E-state index in [0.717, 1.165) is 57.8 Å². The summed E-state index contributed by atoms with van der Waals surface area (Å²) in [4.78, 5) is 52.7. The number of aliphatic hydroxyl groups excluding tert-OH is 1. The second-order valence-corrected chi connectivity index (χ2v) is 18.0. The highest BCUT2D eigenvalue weighted by molar-refractivity contribution is 7.47. The van der Waals surface area contributed by atoms with E-state index in [0.29, 0.717) is 37.9 Å². The highest BCUT2D eigenvalue weighted by Gasteiger charge is 2.36. The third-order valence-electron chi connectivity index (χ3n) is 9.25. The van der Waals surface area contributed by atoms with E-state index in [9.17, 15) is 28.7 Å². The van der Waals surface area contributed by atoms with E-state index < -0.39 is 66.2 Å². The zero-order valence-electron chi connectivity index (χ0n) is 39.2. The van der Waals surface area contributed by atoms with Crippen LogP contribution >= 0.6 is 15.6 Å². The van der Waals surface area contributed by atoms with Crippen LogP contribution in [0, 0.1) is 0 Å². The molecule has 372 valence electrons. The molecule has 0 bridgehead atoms. The summed E-state index contributed by atoms with van der Waals surface area (Å²) in [5.74, 6) is -1.24. The first-order chi connectivity index (χ1) is 31.8. The second-order valence-electron chi connectivity index (χ2n) is 15.3. The summed E-state index contributed by atoms with van der Waals surface area (Å²) < 4.78 is 53.4. The molecule has 0 radical (unpaired) electrons. The summed E-state index contributed by atoms with van der Waals surface area (Å²) in [6.07, 6.45) is 54.0. The minimum absolute atomic E-state index is 0.0177. The second kappa shape index (κ2) is 40.5. The first-order valence-corrected chi connectivity index (χ1v) is 26.4. The molecule has 0 aliphatic carbocycles. The molecule has 0 aromatic rings. The van der Waals surface area contributed by atoms with Crippen LogP contribution < -0.4 is 0 Å². The van der Waals surface area contributed by atoms with Crippen LogP contribution in [0.4, 0.5) is 0 Å². The average Bonchev–Trinajstić information content (AvgIpc) is 4.04. The van der Waals surface area contributed by atoms with Crippen molar-refractivity contribution in [3.63, 3.8) is 0 Å². The van der Waals surface area contributed by atoms with Crippen molar-refractivity contribution in [3.05, 3.63) is 122 Å². The lowest BCUT2D eigenvalue weighted by Gasteiger charge is -2.20. The number of epoxide rings is 1. The molecule has 0 aromatic heterocycles. The van der Waals surface area contributed by atoms with Gasteiger partial charge in [-0.1, -0.05) is 148 Å². The van der Waals surface area contributed by atoms with Gasteiger partial charge < -0.3 is 34.0 Å². The van der Waals surface area contributed by atoms with Crippen LogP contribution in [0.1, 0.15) is 129 Å². The topological polar surface area (TPSA) is 208 Å². The number of carbonyl (C=O) groups is 2. The summed E-state index contributed by atoms with van der Waals surface area (Å²) in [5.41, 5.74) is 0. The van der Waals surface area contributed by atoms with Crippen molar-refractivity contribution in [2.24, 2.45) is 0 Å². The van der Waals surface area contributed by atoms with Crippen molar-refractivity contribution in [3.8, 4) is 0 Å². The van der Waals surface area contributed by atoms with Crippen LogP contribution in [0.3, 0.4) is 0 Å². The van der Waals surface area contributed by atoms with Gasteiger partial charge in [0.15, 0.2) is 6.10 Å². The molecule has 3 unspecified atom stereocenters. The fraction of sp³-hybridized carbons (Fsp3) is 0.560. The molecule has 1 fully saturated rings. The van der Waals surface area contributed by atoms with E-state index >= 15 is 0 Å². The molecular formula is C50H78O14P2. The maximum atomic E-state index is 12.7. The number of ether oxygens (including phenoxy) is 3. The number of hydrogen-bond donors (Lipinski definition) is 4. The third-order valence-corrected chi connectivity index (χ3v) is 10.7. The Bertz CT molecular complexity index is 1690. The van der Waals surface area contributed by atoms with Gasteiger partial charge in [-0.05, 0) is 89.9 Å². The van der Waals surface area contributed by atoms with E-state index in [-0.39, 0.29) is 12.8 Å². The van der Waals surface area contributed by atoms with Crippen LogP contribution in [-0.2, 0) is 46.5 Å². The molecule has 66 heavy (non-hydrogen) atoms. The number of aliphatic hydroxyl groups is 1. The lowest BCUT2D eigenvalue weighted by molar-refractivity contribution is -0.161. The summed E-state index contributed by atoms with van der Waals surface area (Å²) in [5, 5.41) is 9.76. The van der Waals surface area contributed by atoms with Gasteiger partial charge in [-0.3, -0.25) is 23.2 Å². The van der Waals surface area contributed by atoms with E-state index in [1.54, 1.807) is 0 Å². The minimum atomic E-state index is -4.89. The van der Waals surface area contributed by atoms with Crippen molar-refractivity contribution in [2.45, 2.75) is 154 Å². The molecule has 1 aliphatic rings. The zero-order valence-corrected chi connectivity index (χ0v) is 41.0.